The predicted molar refractivity (Wildman–Crippen MR) is 132 cm³/mol. The van der Waals surface area contributed by atoms with E-state index in [-0.39, 0.29) is 11.8 Å². The monoisotopic (exact) mass is 514 g/mol. The zero-order chi connectivity index (χ0) is 23.3. The third-order valence-electron chi connectivity index (χ3n) is 4.31. The molecule has 10 heteroatoms. The number of nitrogens with one attached hydrogen (secondary N) is 2. The van der Waals surface area contributed by atoms with E-state index in [1.807, 2.05) is 0 Å². The second kappa shape index (κ2) is 14.1. The molecule has 2 aromatic rings. The number of rotatable bonds is 11. The van der Waals surface area contributed by atoms with Crippen molar-refractivity contribution in [3.05, 3.63) is 67.6 Å². The van der Waals surface area contributed by atoms with Crippen molar-refractivity contribution in [2.75, 3.05) is 0 Å². The molecule has 0 radical (unpaired) electrons. The first-order chi connectivity index (χ1) is 15.4. The fourth-order valence-corrected chi connectivity index (χ4v) is 3.34. The molecule has 0 aliphatic heterocycles. The Morgan fingerprint density at radius 2 is 1.09 bits per heavy atom. The number of hydrogen-bond donors (Lipinski definition) is 2. The van der Waals surface area contributed by atoms with Gasteiger partial charge >= 0.3 is 0 Å². The van der Waals surface area contributed by atoms with Crippen molar-refractivity contribution in [1.29, 1.82) is 0 Å². The summed E-state index contributed by atoms with van der Waals surface area (Å²) in [6, 6.07) is 10.3. The molecule has 0 spiro atoms. The topological polar surface area (TPSA) is 82.9 Å². The van der Waals surface area contributed by atoms with Crippen molar-refractivity contribution < 1.29 is 9.59 Å². The Balaban J connectivity index is 1.56. The largest absolute Gasteiger partial charge is 0.273 e. The fraction of sp³-hybridized carbons (Fsp3) is 0.273. The molecule has 0 fully saturated rings. The van der Waals surface area contributed by atoms with E-state index in [2.05, 4.69) is 21.1 Å². The minimum atomic E-state index is -0.189. The molecule has 2 amide bonds. The summed E-state index contributed by atoms with van der Waals surface area (Å²) in [6.45, 7) is 0. The Kier molecular flexibility index (Phi) is 11.5. The van der Waals surface area contributed by atoms with Gasteiger partial charge in [-0.2, -0.15) is 10.2 Å². The van der Waals surface area contributed by atoms with Gasteiger partial charge in [-0.1, -0.05) is 83.5 Å². The van der Waals surface area contributed by atoms with Crippen LogP contribution in [0.15, 0.2) is 46.6 Å². The lowest BCUT2D eigenvalue weighted by molar-refractivity contribution is -0.122. The van der Waals surface area contributed by atoms with Gasteiger partial charge in [0.1, 0.15) is 0 Å². The standard InChI is InChI=1S/C22H22Cl4N4O2/c23-17-9-5-7-15(21(17)25)13-27-29-19(31)11-3-1-2-4-12-20(32)30-28-14-16-8-6-10-18(24)22(16)26/h5-10,13-14H,1-4,11-12H2,(H,29,31)(H,30,32). The Hall–Kier alpha value is -2.12. The third-order valence-corrected chi connectivity index (χ3v) is 5.97. The zero-order valence-electron chi connectivity index (χ0n) is 17.1. The van der Waals surface area contributed by atoms with Crippen molar-refractivity contribution in [2.45, 2.75) is 38.5 Å². The van der Waals surface area contributed by atoms with Gasteiger partial charge in [-0.15, -0.1) is 0 Å². The highest BCUT2D eigenvalue weighted by Crippen LogP contribution is 2.24. The quantitative estimate of drug-likeness (QED) is 0.211. The van der Waals surface area contributed by atoms with Gasteiger partial charge in [0.25, 0.3) is 0 Å². The van der Waals surface area contributed by atoms with E-state index >= 15 is 0 Å². The molecule has 0 aliphatic carbocycles. The van der Waals surface area contributed by atoms with Gasteiger partial charge in [-0.25, -0.2) is 10.9 Å². The van der Waals surface area contributed by atoms with Crippen LogP contribution in [0, 0.1) is 0 Å². The first kappa shape index (κ1) is 26.1. The summed E-state index contributed by atoms with van der Waals surface area (Å²) in [5, 5.41) is 9.40. The second-order valence-electron chi connectivity index (χ2n) is 6.79. The number of carbonyl (C=O) groups excluding carboxylic acids is 2. The average molecular weight is 516 g/mol. The van der Waals surface area contributed by atoms with E-state index in [9.17, 15) is 9.59 Å². The Morgan fingerprint density at radius 3 is 1.50 bits per heavy atom. The molecule has 2 N–H and O–H groups in total. The molecule has 0 saturated heterocycles. The van der Waals surface area contributed by atoms with E-state index in [0.29, 0.717) is 56.9 Å². The molecule has 0 bridgehead atoms. The highest BCUT2D eigenvalue weighted by molar-refractivity contribution is 6.44. The number of amides is 2. The highest BCUT2D eigenvalue weighted by atomic mass is 35.5. The average Bonchev–Trinajstić information content (AvgIpc) is 2.76. The van der Waals surface area contributed by atoms with Gasteiger partial charge in [0.15, 0.2) is 0 Å². The zero-order valence-corrected chi connectivity index (χ0v) is 20.1. The molecular weight excluding hydrogens is 494 g/mol. The molecule has 170 valence electrons. The lowest BCUT2D eigenvalue weighted by Gasteiger charge is -2.03. The molecule has 2 rings (SSSR count). The highest BCUT2D eigenvalue weighted by Gasteiger charge is 2.04. The Morgan fingerprint density at radius 1 is 0.688 bits per heavy atom. The van der Waals surface area contributed by atoms with Crippen LogP contribution < -0.4 is 10.9 Å². The lowest BCUT2D eigenvalue weighted by atomic mass is 10.1. The van der Waals surface area contributed by atoms with Crippen LogP contribution in [0.3, 0.4) is 0 Å². The first-order valence-electron chi connectivity index (χ1n) is 9.90. The van der Waals surface area contributed by atoms with Gasteiger partial charge in [0, 0.05) is 24.0 Å². The van der Waals surface area contributed by atoms with E-state index in [0.717, 1.165) is 12.8 Å². The van der Waals surface area contributed by atoms with Crippen molar-refractivity contribution in [3.8, 4) is 0 Å². The summed E-state index contributed by atoms with van der Waals surface area (Å²) in [4.78, 5) is 23.6. The van der Waals surface area contributed by atoms with Crippen LogP contribution >= 0.6 is 46.4 Å². The maximum Gasteiger partial charge on any atom is 0.240 e. The summed E-state index contributed by atoms with van der Waals surface area (Å²) in [5.74, 6) is -0.377. The molecule has 0 atom stereocenters. The summed E-state index contributed by atoms with van der Waals surface area (Å²) in [7, 11) is 0. The van der Waals surface area contributed by atoms with Gasteiger partial charge in [0.05, 0.1) is 32.5 Å². The van der Waals surface area contributed by atoms with Gasteiger partial charge in [-0.05, 0) is 25.0 Å². The molecular formula is C22H22Cl4N4O2. The maximum absolute atomic E-state index is 11.8. The number of halogens is 4. The van der Waals surface area contributed by atoms with E-state index in [1.54, 1.807) is 36.4 Å². The van der Waals surface area contributed by atoms with Crippen LogP contribution in [0.5, 0.6) is 0 Å². The Labute approximate surface area is 207 Å². The van der Waals surface area contributed by atoms with Crippen molar-refractivity contribution in [3.63, 3.8) is 0 Å². The number of hydrazone groups is 2. The van der Waals surface area contributed by atoms with Crippen molar-refractivity contribution >= 4 is 70.6 Å². The predicted octanol–water partition coefficient (Wildman–Crippen LogP) is 6.24. The number of nitrogens with zero attached hydrogens (tertiary/aromatic N) is 2. The summed E-state index contributed by atoms with van der Waals surface area (Å²) < 4.78 is 0. The van der Waals surface area contributed by atoms with Crippen LogP contribution in [0.2, 0.25) is 20.1 Å². The Bertz CT molecular complexity index is 916. The SMILES string of the molecule is O=C(CCCCCCC(=O)NN=Cc1cccc(Cl)c1Cl)NN=Cc1cccc(Cl)c1Cl. The smallest absolute Gasteiger partial charge is 0.240 e. The van der Waals surface area contributed by atoms with Crippen molar-refractivity contribution in [1.82, 2.24) is 10.9 Å². The molecule has 0 aliphatic rings. The minimum absolute atomic E-state index is 0.189. The summed E-state index contributed by atoms with van der Waals surface area (Å²) >= 11 is 23.9. The molecule has 0 saturated carbocycles. The minimum Gasteiger partial charge on any atom is -0.273 e. The van der Waals surface area contributed by atoms with Gasteiger partial charge < -0.3 is 0 Å². The van der Waals surface area contributed by atoms with Crippen LogP contribution in [-0.4, -0.2) is 24.2 Å². The number of carbonyl (C=O) groups is 2. The molecule has 6 nitrogen and oxygen atoms in total. The molecule has 32 heavy (non-hydrogen) atoms. The third kappa shape index (κ3) is 9.17. The summed E-state index contributed by atoms with van der Waals surface area (Å²) in [6.07, 6.45) is 6.65. The van der Waals surface area contributed by atoms with Crippen LogP contribution in [0.1, 0.15) is 49.7 Å². The first-order valence-corrected chi connectivity index (χ1v) is 11.4. The number of hydrogen-bond acceptors (Lipinski definition) is 4. The lowest BCUT2D eigenvalue weighted by Crippen LogP contribution is -2.17. The number of unbranched alkanes of at least 4 members (excludes halogenated alkanes) is 3. The second-order valence-corrected chi connectivity index (χ2v) is 8.36. The van der Waals surface area contributed by atoms with Gasteiger partial charge in [-0.3, -0.25) is 9.59 Å². The molecule has 2 aromatic carbocycles. The maximum atomic E-state index is 11.8. The van der Waals surface area contributed by atoms with Crippen LogP contribution in [0.4, 0.5) is 0 Å². The fourth-order valence-electron chi connectivity index (χ4n) is 2.62. The van der Waals surface area contributed by atoms with E-state index < -0.39 is 0 Å². The van der Waals surface area contributed by atoms with E-state index in [1.165, 1.54) is 12.4 Å². The number of benzene rings is 2. The van der Waals surface area contributed by atoms with Crippen LogP contribution in [-0.2, 0) is 9.59 Å². The molecule has 0 unspecified atom stereocenters. The van der Waals surface area contributed by atoms with Gasteiger partial charge in [0.2, 0.25) is 11.8 Å². The normalized spacial score (nSPS) is 11.2. The van der Waals surface area contributed by atoms with Crippen LogP contribution in [0.25, 0.3) is 0 Å². The molecule has 0 heterocycles. The molecule has 0 aromatic heterocycles. The van der Waals surface area contributed by atoms with Crippen molar-refractivity contribution in [2.24, 2.45) is 10.2 Å². The summed E-state index contributed by atoms with van der Waals surface area (Å²) in [5.41, 5.74) is 6.17. The van der Waals surface area contributed by atoms with E-state index in [4.69, 9.17) is 46.4 Å².